The highest BCUT2D eigenvalue weighted by molar-refractivity contribution is 5.78. The maximum absolute atomic E-state index is 11.9. The van der Waals surface area contributed by atoms with Gasteiger partial charge in [0.15, 0.2) is 0 Å². The summed E-state index contributed by atoms with van der Waals surface area (Å²) < 4.78 is 35.6. The topological polar surface area (TPSA) is 57.5 Å². The minimum absolute atomic E-state index is 0.696. The molecule has 0 fully saturated rings. The van der Waals surface area contributed by atoms with Crippen molar-refractivity contribution in [1.82, 2.24) is 0 Å². The van der Waals surface area contributed by atoms with E-state index in [-0.39, 0.29) is 0 Å². The number of aliphatic hydroxyl groups is 1. The van der Waals surface area contributed by atoms with Gasteiger partial charge in [-0.3, -0.25) is 0 Å². The molecule has 0 aliphatic carbocycles. The molecule has 0 spiro atoms. The van der Waals surface area contributed by atoms with Gasteiger partial charge < -0.3 is 10.2 Å². The summed E-state index contributed by atoms with van der Waals surface area (Å²) in [6.45, 7) is 2.92. The average Bonchev–Trinajstić information content (AvgIpc) is 1.85. The summed E-state index contributed by atoms with van der Waals surface area (Å²) >= 11 is 0. The molecule has 0 aliphatic rings. The molecule has 70 valence electrons. The zero-order valence-electron chi connectivity index (χ0n) is 5.93. The molecule has 0 saturated heterocycles. The fourth-order valence-corrected chi connectivity index (χ4v) is 0.533. The van der Waals surface area contributed by atoms with E-state index in [0.29, 0.717) is 6.08 Å². The molecule has 0 bridgehead atoms. The van der Waals surface area contributed by atoms with Crippen LogP contribution in [0.2, 0.25) is 0 Å². The molecule has 6 heteroatoms. The quantitative estimate of drug-likeness (QED) is 0.641. The summed E-state index contributed by atoms with van der Waals surface area (Å²) in [6.07, 6.45) is -5.56. The average molecular weight is 184 g/mol. The molecule has 0 rings (SSSR count). The predicted molar refractivity (Wildman–Crippen MR) is 33.5 cm³/mol. The maximum atomic E-state index is 11.9. The van der Waals surface area contributed by atoms with Crippen LogP contribution in [-0.2, 0) is 4.79 Å². The van der Waals surface area contributed by atoms with Crippen LogP contribution in [0.5, 0.6) is 0 Å². The lowest BCUT2D eigenvalue weighted by Gasteiger charge is -2.24. The molecule has 2 N–H and O–H groups in total. The summed E-state index contributed by atoms with van der Waals surface area (Å²) in [7, 11) is 0. The second kappa shape index (κ2) is 3.14. The first-order valence-electron chi connectivity index (χ1n) is 2.89. The van der Waals surface area contributed by atoms with Crippen molar-refractivity contribution in [1.29, 1.82) is 0 Å². The SMILES string of the molecule is C=CCC(O)(C(=O)O)C(F)(F)F. The van der Waals surface area contributed by atoms with Gasteiger partial charge in [-0.05, 0) is 0 Å². The van der Waals surface area contributed by atoms with Gasteiger partial charge in [0.25, 0.3) is 5.60 Å². The van der Waals surface area contributed by atoms with Crippen LogP contribution in [0.4, 0.5) is 13.2 Å². The highest BCUT2D eigenvalue weighted by Crippen LogP contribution is 2.33. The Balaban J connectivity index is 4.86. The molecule has 0 radical (unpaired) electrons. The van der Waals surface area contributed by atoms with Crippen molar-refractivity contribution < 1.29 is 28.2 Å². The number of carboxylic acid groups (broad SMARTS) is 1. The minimum Gasteiger partial charge on any atom is -0.479 e. The number of carbonyl (C=O) groups is 1. The van der Waals surface area contributed by atoms with E-state index in [2.05, 4.69) is 6.58 Å². The first-order valence-corrected chi connectivity index (χ1v) is 2.89. The summed E-state index contributed by atoms with van der Waals surface area (Å²) in [5.41, 5.74) is -3.71. The molecular formula is C6H7F3O3. The number of halogens is 3. The zero-order chi connectivity index (χ0) is 9.99. The van der Waals surface area contributed by atoms with Crippen LogP contribution in [0.1, 0.15) is 6.42 Å². The van der Waals surface area contributed by atoms with E-state index in [4.69, 9.17) is 10.2 Å². The summed E-state index contributed by atoms with van der Waals surface area (Å²) in [5, 5.41) is 16.7. The first-order chi connectivity index (χ1) is 5.25. The normalized spacial score (nSPS) is 16.7. The molecule has 3 nitrogen and oxygen atoms in total. The van der Waals surface area contributed by atoms with Gasteiger partial charge in [0, 0.05) is 6.42 Å². The van der Waals surface area contributed by atoms with Gasteiger partial charge in [-0.15, -0.1) is 6.58 Å². The van der Waals surface area contributed by atoms with Crippen LogP contribution in [0.15, 0.2) is 12.7 Å². The Kier molecular flexibility index (Phi) is 2.87. The fraction of sp³-hybridized carbons (Fsp3) is 0.500. The molecule has 1 unspecified atom stereocenters. The van der Waals surface area contributed by atoms with E-state index in [0.717, 1.165) is 0 Å². The van der Waals surface area contributed by atoms with E-state index in [1.165, 1.54) is 0 Å². The largest absolute Gasteiger partial charge is 0.479 e. The van der Waals surface area contributed by atoms with E-state index in [1.807, 2.05) is 0 Å². The standard InChI is InChI=1S/C6H7F3O3/c1-2-3-5(12,4(10)11)6(7,8)9/h2,12H,1,3H2,(H,10,11). The van der Waals surface area contributed by atoms with Gasteiger partial charge in [-0.1, -0.05) is 6.08 Å². The summed E-state index contributed by atoms with van der Waals surface area (Å²) in [6, 6.07) is 0. The fourth-order valence-electron chi connectivity index (χ4n) is 0.533. The van der Waals surface area contributed by atoms with Gasteiger partial charge in [-0.2, -0.15) is 13.2 Å². The Morgan fingerprint density at radius 2 is 1.92 bits per heavy atom. The zero-order valence-corrected chi connectivity index (χ0v) is 5.93. The number of rotatable bonds is 3. The van der Waals surface area contributed by atoms with Crippen molar-refractivity contribution in [2.45, 2.75) is 18.2 Å². The first kappa shape index (κ1) is 11.0. The van der Waals surface area contributed by atoms with Crippen LogP contribution in [-0.4, -0.2) is 28.0 Å². The molecule has 0 amide bonds. The Morgan fingerprint density at radius 1 is 1.50 bits per heavy atom. The highest BCUT2D eigenvalue weighted by atomic mass is 19.4. The molecule has 0 heterocycles. The summed E-state index contributed by atoms with van der Waals surface area (Å²) in [4.78, 5) is 10.0. The van der Waals surface area contributed by atoms with Crippen molar-refractivity contribution in [2.75, 3.05) is 0 Å². The van der Waals surface area contributed by atoms with Crippen molar-refractivity contribution in [3.8, 4) is 0 Å². The summed E-state index contributed by atoms with van der Waals surface area (Å²) in [5.74, 6) is -2.32. The third kappa shape index (κ3) is 1.76. The van der Waals surface area contributed by atoms with Crippen LogP contribution in [0.3, 0.4) is 0 Å². The van der Waals surface area contributed by atoms with Crippen molar-refractivity contribution >= 4 is 5.97 Å². The highest BCUT2D eigenvalue weighted by Gasteiger charge is 2.59. The van der Waals surface area contributed by atoms with Crippen molar-refractivity contribution in [3.63, 3.8) is 0 Å². The molecule has 12 heavy (non-hydrogen) atoms. The lowest BCUT2D eigenvalue weighted by Crippen LogP contribution is -2.51. The lowest BCUT2D eigenvalue weighted by molar-refractivity contribution is -0.258. The number of aliphatic carboxylic acids is 1. The number of hydrogen-bond acceptors (Lipinski definition) is 2. The predicted octanol–water partition coefficient (Wildman–Crippen LogP) is 0.941. The molecule has 0 aliphatic heterocycles. The van der Waals surface area contributed by atoms with Crippen LogP contribution >= 0.6 is 0 Å². The van der Waals surface area contributed by atoms with E-state index < -0.39 is 24.2 Å². The third-order valence-corrected chi connectivity index (χ3v) is 1.26. The van der Waals surface area contributed by atoms with Crippen LogP contribution in [0.25, 0.3) is 0 Å². The van der Waals surface area contributed by atoms with E-state index in [1.54, 1.807) is 0 Å². The van der Waals surface area contributed by atoms with Gasteiger partial charge in [0.1, 0.15) is 0 Å². The number of carboxylic acids is 1. The van der Waals surface area contributed by atoms with Crippen LogP contribution < -0.4 is 0 Å². The van der Waals surface area contributed by atoms with Crippen molar-refractivity contribution in [2.24, 2.45) is 0 Å². The molecule has 0 saturated carbocycles. The maximum Gasteiger partial charge on any atom is 0.428 e. The van der Waals surface area contributed by atoms with Gasteiger partial charge in [0.05, 0.1) is 0 Å². The molecule has 0 aromatic rings. The van der Waals surface area contributed by atoms with Crippen LogP contribution in [0, 0.1) is 0 Å². The smallest absolute Gasteiger partial charge is 0.428 e. The number of hydrogen-bond donors (Lipinski definition) is 2. The second-order valence-corrected chi connectivity index (χ2v) is 2.16. The van der Waals surface area contributed by atoms with E-state index in [9.17, 15) is 18.0 Å². The Bertz CT molecular complexity index is 199. The molecular weight excluding hydrogens is 177 g/mol. The minimum atomic E-state index is -5.19. The molecule has 1 atom stereocenters. The molecule has 0 aromatic heterocycles. The Morgan fingerprint density at radius 3 is 2.00 bits per heavy atom. The Hall–Kier alpha value is -1.04. The lowest BCUT2D eigenvalue weighted by atomic mass is 10.00. The van der Waals surface area contributed by atoms with Gasteiger partial charge in [-0.25, -0.2) is 4.79 Å². The Labute approximate surface area is 66.1 Å². The van der Waals surface area contributed by atoms with Crippen molar-refractivity contribution in [3.05, 3.63) is 12.7 Å². The van der Waals surface area contributed by atoms with Gasteiger partial charge >= 0.3 is 12.1 Å². The number of alkyl halides is 3. The third-order valence-electron chi connectivity index (χ3n) is 1.26. The second-order valence-electron chi connectivity index (χ2n) is 2.16. The van der Waals surface area contributed by atoms with Gasteiger partial charge in [0.2, 0.25) is 0 Å². The van der Waals surface area contributed by atoms with E-state index >= 15 is 0 Å². The molecule has 0 aromatic carbocycles. The monoisotopic (exact) mass is 184 g/mol.